The lowest BCUT2D eigenvalue weighted by Gasteiger charge is -2.16. The van der Waals surface area contributed by atoms with Crippen LogP contribution in [0.2, 0.25) is 5.02 Å². The smallest absolute Gasteiger partial charge is 0.262 e. The summed E-state index contributed by atoms with van der Waals surface area (Å²) < 4.78 is 28.6. The molecule has 0 aliphatic heterocycles. The van der Waals surface area contributed by atoms with Gasteiger partial charge in [-0.2, -0.15) is 0 Å². The molecule has 1 amide bonds. The number of carbonyl (C=O) groups is 1. The minimum Gasteiger partial charge on any atom is -0.323 e. The highest BCUT2D eigenvalue weighted by molar-refractivity contribution is 8.00. The van der Waals surface area contributed by atoms with Crippen molar-refractivity contribution < 1.29 is 13.6 Å². The van der Waals surface area contributed by atoms with Gasteiger partial charge in [0, 0.05) is 17.6 Å². The van der Waals surface area contributed by atoms with Crippen molar-refractivity contribution in [2.24, 2.45) is 0 Å². The molecular weight excluding hydrogens is 420 g/mol. The lowest BCUT2D eigenvalue weighted by molar-refractivity contribution is -0.115. The van der Waals surface area contributed by atoms with Gasteiger partial charge >= 0.3 is 0 Å². The molecule has 0 radical (unpaired) electrons. The second-order valence-electron chi connectivity index (χ2n) is 6.39. The Kier molecular flexibility index (Phi) is 6.54. The van der Waals surface area contributed by atoms with Gasteiger partial charge in [0.25, 0.3) is 5.56 Å². The van der Waals surface area contributed by atoms with E-state index in [0.29, 0.717) is 34.0 Å². The number of hydrogen-bond acceptors (Lipinski definition) is 4. The topological polar surface area (TPSA) is 64.0 Å². The van der Waals surface area contributed by atoms with Crippen LogP contribution in [0, 0.1) is 11.6 Å². The molecule has 3 aromatic rings. The molecule has 29 heavy (non-hydrogen) atoms. The number of anilines is 1. The number of thioether (sulfide) groups is 1. The van der Waals surface area contributed by atoms with E-state index in [0.717, 1.165) is 30.0 Å². The molecule has 5 nitrogen and oxygen atoms in total. The average molecular weight is 438 g/mol. The molecule has 1 aromatic heterocycles. The first-order chi connectivity index (χ1) is 13.8. The number of fused-ring (bicyclic) bond motifs is 1. The Morgan fingerprint density at radius 3 is 2.76 bits per heavy atom. The zero-order valence-electron chi connectivity index (χ0n) is 15.7. The van der Waals surface area contributed by atoms with Crippen molar-refractivity contribution >= 4 is 45.9 Å². The Balaban J connectivity index is 1.91. The van der Waals surface area contributed by atoms with Gasteiger partial charge < -0.3 is 5.32 Å². The quantitative estimate of drug-likeness (QED) is 0.442. The molecular formula is C20H18ClF2N3O2S. The molecule has 9 heteroatoms. The molecule has 0 bridgehead atoms. The zero-order valence-corrected chi connectivity index (χ0v) is 17.3. The summed E-state index contributed by atoms with van der Waals surface area (Å²) in [6.45, 7) is 3.96. The standard InChI is InChI=1S/C20H18ClF2N3O2S/c1-3-8-26-19(28)14-6-4-12(21)9-16(14)25-20(26)29-11(2)18(27)24-17-10-13(22)5-7-15(17)23/h4-7,9-11H,3,8H2,1-2H3,(H,24,27). The fraction of sp³-hybridized carbons (Fsp3) is 0.250. The van der Waals surface area contributed by atoms with E-state index in [9.17, 15) is 18.4 Å². The second kappa shape index (κ2) is 8.92. The number of benzene rings is 2. The average Bonchev–Trinajstić information content (AvgIpc) is 2.67. The third-order valence-electron chi connectivity index (χ3n) is 4.17. The zero-order chi connectivity index (χ0) is 21.1. The predicted molar refractivity (Wildman–Crippen MR) is 112 cm³/mol. The summed E-state index contributed by atoms with van der Waals surface area (Å²) in [7, 11) is 0. The number of nitrogens with one attached hydrogen (secondary N) is 1. The highest BCUT2D eigenvalue weighted by Gasteiger charge is 2.20. The van der Waals surface area contributed by atoms with Gasteiger partial charge in [-0.15, -0.1) is 0 Å². The molecule has 0 spiro atoms. The van der Waals surface area contributed by atoms with Crippen LogP contribution >= 0.6 is 23.4 Å². The molecule has 0 saturated carbocycles. The van der Waals surface area contributed by atoms with Crippen molar-refractivity contribution in [2.75, 3.05) is 5.32 Å². The van der Waals surface area contributed by atoms with Gasteiger partial charge in [-0.3, -0.25) is 14.2 Å². The van der Waals surface area contributed by atoms with E-state index in [1.165, 1.54) is 4.57 Å². The van der Waals surface area contributed by atoms with Gasteiger partial charge in [-0.05, 0) is 43.7 Å². The van der Waals surface area contributed by atoms with E-state index >= 15 is 0 Å². The van der Waals surface area contributed by atoms with Gasteiger partial charge in [0.1, 0.15) is 11.6 Å². The molecule has 0 saturated heterocycles. The maximum atomic E-state index is 13.8. The third kappa shape index (κ3) is 4.76. The van der Waals surface area contributed by atoms with Crippen LogP contribution in [0.15, 0.2) is 46.3 Å². The van der Waals surface area contributed by atoms with Crippen LogP contribution in [-0.2, 0) is 11.3 Å². The molecule has 1 unspecified atom stereocenters. The summed E-state index contributed by atoms with van der Waals surface area (Å²) in [4.78, 5) is 29.8. The molecule has 1 atom stereocenters. The summed E-state index contributed by atoms with van der Waals surface area (Å²) in [5.74, 6) is -1.94. The number of nitrogens with zero attached hydrogens (tertiary/aromatic N) is 2. The van der Waals surface area contributed by atoms with Crippen molar-refractivity contribution in [2.45, 2.75) is 37.2 Å². The predicted octanol–water partition coefficient (Wildman–Crippen LogP) is 4.86. The lowest BCUT2D eigenvalue weighted by Crippen LogP contribution is -2.27. The molecule has 1 N–H and O–H groups in total. The van der Waals surface area contributed by atoms with E-state index in [1.807, 2.05) is 6.92 Å². The molecule has 2 aromatic carbocycles. The SMILES string of the molecule is CCCn1c(SC(C)C(=O)Nc2cc(F)ccc2F)nc2cc(Cl)ccc2c1=O. The Morgan fingerprint density at radius 2 is 2.03 bits per heavy atom. The van der Waals surface area contributed by atoms with Crippen molar-refractivity contribution in [3.63, 3.8) is 0 Å². The van der Waals surface area contributed by atoms with Gasteiger partial charge in [0.2, 0.25) is 5.91 Å². The first-order valence-electron chi connectivity index (χ1n) is 8.92. The van der Waals surface area contributed by atoms with Crippen LogP contribution in [0.4, 0.5) is 14.5 Å². The van der Waals surface area contributed by atoms with Crippen LogP contribution in [0.5, 0.6) is 0 Å². The number of halogens is 3. The van der Waals surface area contributed by atoms with Crippen molar-refractivity contribution in [1.29, 1.82) is 0 Å². The maximum absolute atomic E-state index is 13.8. The van der Waals surface area contributed by atoms with Crippen molar-refractivity contribution in [3.8, 4) is 0 Å². The van der Waals surface area contributed by atoms with Crippen molar-refractivity contribution in [1.82, 2.24) is 9.55 Å². The van der Waals surface area contributed by atoms with Gasteiger partial charge in [-0.1, -0.05) is 30.3 Å². The highest BCUT2D eigenvalue weighted by Crippen LogP contribution is 2.25. The number of carbonyl (C=O) groups excluding carboxylic acids is 1. The second-order valence-corrected chi connectivity index (χ2v) is 8.13. The minimum absolute atomic E-state index is 0.222. The Hall–Kier alpha value is -2.45. The number of aromatic nitrogens is 2. The summed E-state index contributed by atoms with van der Waals surface area (Å²) in [6.07, 6.45) is 0.698. The Bertz CT molecular complexity index is 1140. The molecule has 3 rings (SSSR count). The monoisotopic (exact) mass is 437 g/mol. The fourth-order valence-corrected chi connectivity index (χ4v) is 3.82. The van der Waals surface area contributed by atoms with E-state index in [1.54, 1.807) is 25.1 Å². The summed E-state index contributed by atoms with van der Waals surface area (Å²) in [6, 6.07) is 7.66. The molecule has 152 valence electrons. The maximum Gasteiger partial charge on any atom is 0.262 e. The largest absolute Gasteiger partial charge is 0.323 e. The van der Waals surface area contributed by atoms with Crippen molar-refractivity contribution in [3.05, 3.63) is 63.4 Å². The first-order valence-corrected chi connectivity index (χ1v) is 10.2. The molecule has 0 fully saturated rings. The summed E-state index contributed by atoms with van der Waals surface area (Å²) in [5, 5.41) is 2.89. The van der Waals surface area contributed by atoms with Crippen LogP contribution in [0.25, 0.3) is 10.9 Å². The van der Waals surface area contributed by atoms with E-state index in [2.05, 4.69) is 10.3 Å². The summed E-state index contributed by atoms with van der Waals surface area (Å²) >= 11 is 7.08. The van der Waals surface area contributed by atoms with Gasteiger partial charge in [0.15, 0.2) is 5.16 Å². The number of rotatable bonds is 6. The van der Waals surface area contributed by atoms with E-state index in [-0.39, 0.29) is 11.2 Å². The van der Waals surface area contributed by atoms with E-state index in [4.69, 9.17) is 11.6 Å². The lowest BCUT2D eigenvalue weighted by atomic mass is 10.2. The molecule has 0 aliphatic rings. The van der Waals surface area contributed by atoms with Gasteiger partial charge in [-0.25, -0.2) is 13.8 Å². The van der Waals surface area contributed by atoms with Crippen LogP contribution in [0.3, 0.4) is 0 Å². The van der Waals surface area contributed by atoms with E-state index < -0.39 is 22.8 Å². The first kappa shape index (κ1) is 21.3. The van der Waals surface area contributed by atoms with Crippen LogP contribution < -0.4 is 10.9 Å². The minimum atomic E-state index is -0.738. The summed E-state index contributed by atoms with van der Waals surface area (Å²) in [5.41, 5.74) is -0.0346. The molecule has 1 heterocycles. The van der Waals surface area contributed by atoms with Gasteiger partial charge in [0.05, 0.1) is 21.8 Å². The highest BCUT2D eigenvalue weighted by atomic mass is 35.5. The Labute approximate surface area is 175 Å². The Morgan fingerprint density at radius 1 is 1.28 bits per heavy atom. The van der Waals surface area contributed by atoms with Crippen LogP contribution in [-0.4, -0.2) is 20.7 Å². The fourth-order valence-electron chi connectivity index (χ4n) is 2.72. The number of amides is 1. The third-order valence-corrected chi connectivity index (χ3v) is 5.49. The van der Waals surface area contributed by atoms with Crippen LogP contribution in [0.1, 0.15) is 20.3 Å². The molecule has 0 aliphatic carbocycles. The number of hydrogen-bond donors (Lipinski definition) is 1. The normalized spacial score (nSPS) is 12.2.